The van der Waals surface area contributed by atoms with Crippen LogP contribution in [0.3, 0.4) is 0 Å². The van der Waals surface area contributed by atoms with Crippen molar-refractivity contribution in [3.8, 4) is 6.07 Å². The van der Waals surface area contributed by atoms with Gasteiger partial charge in [0.1, 0.15) is 0 Å². The third kappa shape index (κ3) is 1.30. The van der Waals surface area contributed by atoms with Gasteiger partial charge in [-0.25, -0.2) is 4.98 Å². The quantitative estimate of drug-likeness (QED) is 0.637. The van der Waals surface area contributed by atoms with Gasteiger partial charge in [0.2, 0.25) is 0 Å². The van der Waals surface area contributed by atoms with Crippen LogP contribution in [0, 0.1) is 25.2 Å². The van der Waals surface area contributed by atoms with E-state index in [1.165, 1.54) is 4.70 Å². The Balaban J connectivity index is 2.85. The van der Waals surface area contributed by atoms with Crippen molar-refractivity contribution in [1.82, 2.24) is 4.98 Å². The SMILES string of the molecule is Cc1nc2cc(C#N)cc(C)c2s1. The van der Waals surface area contributed by atoms with Crippen LogP contribution in [-0.4, -0.2) is 4.98 Å². The molecule has 1 heterocycles. The van der Waals surface area contributed by atoms with Gasteiger partial charge >= 0.3 is 0 Å². The van der Waals surface area contributed by atoms with Gasteiger partial charge in [0.05, 0.1) is 26.9 Å². The number of nitrogens with zero attached hydrogens (tertiary/aromatic N) is 2. The van der Waals surface area contributed by atoms with Crippen LogP contribution in [0.4, 0.5) is 0 Å². The van der Waals surface area contributed by atoms with Gasteiger partial charge in [-0.1, -0.05) is 0 Å². The second-order valence-electron chi connectivity index (χ2n) is 2.99. The molecule has 0 amide bonds. The minimum Gasteiger partial charge on any atom is -0.241 e. The molecule has 0 atom stereocenters. The zero-order chi connectivity index (χ0) is 9.42. The second kappa shape index (κ2) is 2.82. The van der Waals surface area contributed by atoms with Crippen molar-refractivity contribution < 1.29 is 0 Å². The molecule has 0 radical (unpaired) electrons. The van der Waals surface area contributed by atoms with E-state index in [-0.39, 0.29) is 0 Å². The number of hydrogen-bond acceptors (Lipinski definition) is 3. The highest BCUT2D eigenvalue weighted by molar-refractivity contribution is 7.18. The van der Waals surface area contributed by atoms with Gasteiger partial charge in [-0.2, -0.15) is 5.26 Å². The van der Waals surface area contributed by atoms with E-state index in [4.69, 9.17) is 5.26 Å². The first-order valence-electron chi connectivity index (χ1n) is 3.98. The minimum atomic E-state index is 0.690. The summed E-state index contributed by atoms with van der Waals surface area (Å²) >= 11 is 1.68. The fraction of sp³-hybridized carbons (Fsp3) is 0.200. The minimum absolute atomic E-state index is 0.690. The average Bonchev–Trinajstić information content (AvgIpc) is 2.46. The summed E-state index contributed by atoms with van der Waals surface area (Å²) < 4.78 is 1.19. The molecule has 0 aliphatic rings. The topological polar surface area (TPSA) is 36.7 Å². The molecule has 2 rings (SSSR count). The maximum absolute atomic E-state index is 8.75. The van der Waals surface area contributed by atoms with Gasteiger partial charge in [-0.15, -0.1) is 11.3 Å². The predicted octanol–water partition coefficient (Wildman–Crippen LogP) is 2.78. The molecule has 0 unspecified atom stereocenters. The first kappa shape index (κ1) is 8.21. The molecule has 3 heteroatoms. The maximum atomic E-state index is 8.75. The normalized spacial score (nSPS) is 10.2. The molecule has 1 aromatic heterocycles. The van der Waals surface area contributed by atoms with Crippen LogP contribution in [0.25, 0.3) is 10.2 Å². The molecule has 0 saturated heterocycles. The third-order valence-electron chi connectivity index (χ3n) is 1.91. The second-order valence-corrected chi connectivity index (χ2v) is 4.19. The van der Waals surface area contributed by atoms with Crippen LogP contribution in [0.5, 0.6) is 0 Å². The lowest BCUT2D eigenvalue weighted by Gasteiger charge is -1.94. The van der Waals surface area contributed by atoms with Crippen molar-refractivity contribution >= 4 is 21.6 Å². The number of hydrogen-bond donors (Lipinski definition) is 0. The molecule has 0 N–H and O–H groups in total. The summed E-state index contributed by atoms with van der Waals surface area (Å²) in [7, 11) is 0. The molecule has 13 heavy (non-hydrogen) atoms. The molecular weight excluding hydrogens is 180 g/mol. The van der Waals surface area contributed by atoms with Crippen LogP contribution in [-0.2, 0) is 0 Å². The first-order chi connectivity index (χ1) is 6.20. The monoisotopic (exact) mass is 188 g/mol. The van der Waals surface area contributed by atoms with Gasteiger partial charge in [0.25, 0.3) is 0 Å². The Kier molecular flexibility index (Phi) is 1.78. The Morgan fingerprint density at radius 1 is 1.38 bits per heavy atom. The Labute approximate surface area is 80.5 Å². The molecule has 64 valence electrons. The lowest BCUT2D eigenvalue weighted by Crippen LogP contribution is -1.78. The van der Waals surface area contributed by atoms with Gasteiger partial charge in [-0.3, -0.25) is 0 Å². The van der Waals surface area contributed by atoms with E-state index >= 15 is 0 Å². The van der Waals surface area contributed by atoms with E-state index in [9.17, 15) is 0 Å². The Bertz CT molecular complexity index is 505. The predicted molar refractivity (Wildman–Crippen MR) is 53.8 cm³/mol. The molecule has 0 aliphatic heterocycles. The number of aryl methyl sites for hydroxylation is 2. The molecule has 0 fully saturated rings. The Hall–Kier alpha value is -1.40. The summed E-state index contributed by atoms with van der Waals surface area (Å²) in [4.78, 5) is 4.35. The largest absolute Gasteiger partial charge is 0.241 e. The molecule has 0 bridgehead atoms. The maximum Gasteiger partial charge on any atom is 0.0992 e. The van der Waals surface area contributed by atoms with E-state index in [2.05, 4.69) is 11.1 Å². The molecule has 0 spiro atoms. The number of thiazole rings is 1. The van der Waals surface area contributed by atoms with E-state index in [1.807, 2.05) is 26.0 Å². The molecule has 1 aromatic carbocycles. The van der Waals surface area contributed by atoms with Crippen LogP contribution in [0.1, 0.15) is 16.1 Å². The van der Waals surface area contributed by atoms with Crippen LogP contribution in [0.2, 0.25) is 0 Å². The molecule has 0 aliphatic carbocycles. The van der Waals surface area contributed by atoms with Gasteiger partial charge in [-0.05, 0) is 31.5 Å². The van der Waals surface area contributed by atoms with Crippen molar-refractivity contribution in [1.29, 1.82) is 5.26 Å². The van der Waals surface area contributed by atoms with Crippen LogP contribution >= 0.6 is 11.3 Å². The van der Waals surface area contributed by atoms with Gasteiger partial charge in [0.15, 0.2) is 0 Å². The number of rotatable bonds is 0. The average molecular weight is 188 g/mol. The fourth-order valence-corrected chi connectivity index (χ4v) is 2.24. The number of nitriles is 1. The summed E-state index contributed by atoms with van der Waals surface area (Å²) in [6, 6.07) is 5.88. The van der Waals surface area contributed by atoms with Crippen LogP contribution in [0.15, 0.2) is 12.1 Å². The lowest BCUT2D eigenvalue weighted by atomic mass is 10.1. The summed E-state index contributed by atoms with van der Waals surface area (Å²) in [6.07, 6.45) is 0. The Morgan fingerprint density at radius 2 is 2.15 bits per heavy atom. The van der Waals surface area contributed by atoms with E-state index in [0.717, 1.165) is 16.1 Å². The summed E-state index contributed by atoms with van der Waals surface area (Å²) in [5.74, 6) is 0. The van der Waals surface area contributed by atoms with E-state index < -0.39 is 0 Å². The zero-order valence-corrected chi connectivity index (χ0v) is 8.27. The first-order valence-corrected chi connectivity index (χ1v) is 4.80. The van der Waals surface area contributed by atoms with Crippen LogP contribution < -0.4 is 0 Å². The highest BCUT2D eigenvalue weighted by Crippen LogP contribution is 2.25. The highest BCUT2D eigenvalue weighted by Gasteiger charge is 2.04. The fourth-order valence-electron chi connectivity index (χ4n) is 1.38. The molecule has 2 nitrogen and oxygen atoms in total. The van der Waals surface area contributed by atoms with Crippen molar-refractivity contribution in [2.75, 3.05) is 0 Å². The van der Waals surface area contributed by atoms with Crippen molar-refractivity contribution in [3.05, 3.63) is 28.3 Å². The third-order valence-corrected chi connectivity index (χ3v) is 3.03. The Morgan fingerprint density at radius 3 is 2.85 bits per heavy atom. The zero-order valence-electron chi connectivity index (χ0n) is 7.46. The molecular formula is C10H8N2S. The van der Waals surface area contributed by atoms with Crippen molar-refractivity contribution in [3.63, 3.8) is 0 Å². The highest BCUT2D eigenvalue weighted by atomic mass is 32.1. The van der Waals surface area contributed by atoms with Crippen molar-refractivity contribution in [2.24, 2.45) is 0 Å². The number of aromatic nitrogens is 1. The number of benzene rings is 1. The molecule has 0 saturated carbocycles. The van der Waals surface area contributed by atoms with E-state index in [0.29, 0.717) is 5.56 Å². The standard InChI is InChI=1S/C10H8N2S/c1-6-3-8(5-11)4-9-10(6)13-7(2)12-9/h3-4H,1-2H3. The van der Waals surface area contributed by atoms with Gasteiger partial charge < -0.3 is 0 Å². The number of fused-ring (bicyclic) bond motifs is 1. The van der Waals surface area contributed by atoms with Gasteiger partial charge in [0, 0.05) is 0 Å². The molecule has 2 aromatic rings. The summed E-state index contributed by atoms with van der Waals surface area (Å²) in [5, 5.41) is 9.80. The summed E-state index contributed by atoms with van der Waals surface area (Å²) in [5.41, 5.74) is 2.77. The summed E-state index contributed by atoms with van der Waals surface area (Å²) in [6.45, 7) is 4.00. The smallest absolute Gasteiger partial charge is 0.0992 e. The van der Waals surface area contributed by atoms with E-state index in [1.54, 1.807) is 11.3 Å². The lowest BCUT2D eigenvalue weighted by molar-refractivity contribution is 1.34. The van der Waals surface area contributed by atoms with Crippen molar-refractivity contribution in [2.45, 2.75) is 13.8 Å².